The molecular weight excluding hydrogens is 385 g/mol. The van der Waals surface area contributed by atoms with Gasteiger partial charge in [-0.25, -0.2) is 0 Å². The number of hydrogen-bond acceptors (Lipinski definition) is 4. The van der Waals surface area contributed by atoms with Crippen LogP contribution in [-0.2, 0) is 4.79 Å². The lowest BCUT2D eigenvalue weighted by Crippen LogP contribution is -2.32. The predicted molar refractivity (Wildman–Crippen MR) is 134 cm³/mol. The van der Waals surface area contributed by atoms with Crippen molar-refractivity contribution in [1.82, 2.24) is 0 Å². The van der Waals surface area contributed by atoms with Crippen LogP contribution in [0.1, 0.15) is 31.4 Å². The van der Waals surface area contributed by atoms with Crippen molar-refractivity contribution in [3.8, 4) is 0 Å². The molecule has 2 aromatic rings. The van der Waals surface area contributed by atoms with Crippen LogP contribution in [0.4, 0.5) is 0 Å². The number of benzene rings is 2. The molecule has 0 aliphatic carbocycles. The Morgan fingerprint density at radius 1 is 0.968 bits per heavy atom. The molecule has 0 aliphatic rings. The summed E-state index contributed by atoms with van der Waals surface area (Å²) in [5, 5.41) is 16.1. The minimum absolute atomic E-state index is 0.0776. The largest absolute Gasteiger partial charge is 0.455 e. The van der Waals surface area contributed by atoms with E-state index in [2.05, 4.69) is 25.3 Å². The molecule has 0 fully saturated rings. The Balaban J connectivity index is 0.000000472. The predicted octanol–water partition coefficient (Wildman–Crippen LogP) is 4.93. The summed E-state index contributed by atoms with van der Waals surface area (Å²) in [5.74, 6) is 0.0776. The van der Waals surface area contributed by atoms with E-state index in [0.717, 1.165) is 12.0 Å². The lowest BCUT2D eigenvalue weighted by molar-refractivity contribution is -0.112. The van der Waals surface area contributed by atoms with Gasteiger partial charge in [0, 0.05) is 5.54 Å². The molecule has 1 unspecified atom stereocenters. The van der Waals surface area contributed by atoms with Crippen LogP contribution in [0.25, 0.3) is 12.2 Å². The molecule has 4 nitrogen and oxygen atoms in total. The second kappa shape index (κ2) is 16.8. The highest BCUT2D eigenvalue weighted by Crippen LogP contribution is 2.11. The Morgan fingerprint density at radius 2 is 1.45 bits per heavy atom. The number of carbonyl (C=O) groups excluding carboxylic acids is 1. The summed E-state index contributed by atoms with van der Waals surface area (Å²) in [6.45, 7) is 10.5. The van der Waals surface area contributed by atoms with Crippen molar-refractivity contribution < 1.29 is 14.8 Å². The molecule has 2 aromatic carbocycles. The number of carbonyl (C=O) groups is 1. The highest BCUT2D eigenvalue weighted by atomic mass is 16.4. The van der Waals surface area contributed by atoms with Gasteiger partial charge in [0.2, 0.25) is 0 Å². The van der Waals surface area contributed by atoms with Crippen LogP contribution in [0.15, 0.2) is 98.1 Å². The van der Waals surface area contributed by atoms with Crippen LogP contribution in [0.2, 0.25) is 6.32 Å². The van der Waals surface area contributed by atoms with E-state index in [4.69, 9.17) is 15.8 Å². The Hall–Kier alpha value is -2.99. The molecule has 0 saturated heterocycles. The molecule has 1 atom stereocenters. The molecule has 0 heterocycles. The highest BCUT2D eigenvalue weighted by Gasteiger charge is 2.10. The van der Waals surface area contributed by atoms with Gasteiger partial charge < -0.3 is 15.8 Å². The zero-order valence-electron chi connectivity index (χ0n) is 18.5. The van der Waals surface area contributed by atoms with Gasteiger partial charge in [-0.1, -0.05) is 91.0 Å². The van der Waals surface area contributed by atoms with Gasteiger partial charge in [-0.15, -0.1) is 13.2 Å². The standard InChI is InChI=1S/C13H17N.C10H10O.C3H7BO2/c1-3-10-13(2,14)11-9-12-7-5-4-6-8-12;1-9(11)7-8-10-5-3-2-4-6-10;1-2-3-4(5)6/h3-9,11H,1,10,14H2,2H3;2-8H,1H3;2,5-6H,1,3H2/b11-9+;8-7+;. The summed E-state index contributed by atoms with van der Waals surface area (Å²) in [5.41, 5.74) is 7.96. The first-order valence-corrected chi connectivity index (χ1v) is 10.0. The molecule has 5 heteroatoms. The van der Waals surface area contributed by atoms with Crippen molar-refractivity contribution >= 4 is 25.1 Å². The fraction of sp³-hybridized carbons (Fsp3) is 0.192. The molecule has 164 valence electrons. The van der Waals surface area contributed by atoms with Crippen molar-refractivity contribution in [2.75, 3.05) is 0 Å². The van der Waals surface area contributed by atoms with Crippen LogP contribution in [-0.4, -0.2) is 28.5 Å². The molecule has 4 N–H and O–H groups in total. The van der Waals surface area contributed by atoms with Crippen LogP contribution in [0, 0.1) is 0 Å². The Kier molecular flexibility index (Phi) is 15.2. The van der Waals surface area contributed by atoms with Gasteiger partial charge >= 0.3 is 7.12 Å². The number of ketones is 1. The molecule has 0 radical (unpaired) electrons. The van der Waals surface area contributed by atoms with Crippen molar-refractivity contribution in [2.24, 2.45) is 5.73 Å². The van der Waals surface area contributed by atoms with E-state index in [1.165, 1.54) is 11.6 Å². The summed E-state index contributed by atoms with van der Waals surface area (Å²) >= 11 is 0. The van der Waals surface area contributed by atoms with Crippen molar-refractivity contribution in [3.05, 3.63) is 109 Å². The third-order valence-electron chi connectivity index (χ3n) is 3.73. The Bertz CT molecular complexity index is 813. The van der Waals surface area contributed by atoms with E-state index < -0.39 is 7.12 Å². The number of hydrogen-bond donors (Lipinski definition) is 3. The maximum atomic E-state index is 10.5. The summed E-state index contributed by atoms with van der Waals surface area (Å²) in [6, 6.07) is 19.9. The summed E-state index contributed by atoms with van der Waals surface area (Å²) in [6.07, 6.45) is 11.8. The second-order valence-electron chi connectivity index (χ2n) is 7.10. The first-order valence-electron chi connectivity index (χ1n) is 10.0. The van der Waals surface area contributed by atoms with Crippen LogP contribution in [0.5, 0.6) is 0 Å². The summed E-state index contributed by atoms with van der Waals surface area (Å²) in [4.78, 5) is 10.5. The van der Waals surface area contributed by atoms with Gasteiger partial charge in [-0.05, 0) is 43.8 Å². The highest BCUT2D eigenvalue weighted by molar-refractivity contribution is 6.41. The quantitative estimate of drug-likeness (QED) is 0.322. The van der Waals surface area contributed by atoms with Gasteiger partial charge in [0.15, 0.2) is 5.78 Å². The molecule has 0 amide bonds. The molecule has 0 aromatic heterocycles. The lowest BCUT2D eigenvalue weighted by atomic mass is 9.87. The minimum Gasteiger partial charge on any atom is -0.427 e. The third kappa shape index (κ3) is 17.6. The van der Waals surface area contributed by atoms with Crippen molar-refractivity contribution in [1.29, 1.82) is 0 Å². The minimum atomic E-state index is -1.22. The van der Waals surface area contributed by atoms with E-state index in [-0.39, 0.29) is 17.6 Å². The molecule has 0 spiro atoms. The molecular formula is C26H34BNO3. The van der Waals surface area contributed by atoms with E-state index in [1.54, 1.807) is 13.0 Å². The van der Waals surface area contributed by atoms with Crippen molar-refractivity contribution in [2.45, 2.75) is 32.1 Å². The zero-order valence-corrected chi connectivity index (χ0v) is 18.5. The SMILES string of the molecule is C=CCB(O)O.C=CCC(C)(N)/C=C/c1ccccc1.CC(=O)/C=C/c1ccccc1. The average molecular weight is 419 g/mol. The summed E-state index contributed by atoms with van der Waals surface area (Å²) < 4.78 is 0. The first-order chi connectivity index (χ1) is 14.7. The molecule has 0 saturated carbocycles. The normalized spacial score (nSPS) is 12.0. The van der Waals surface area contributed by atoms with Gasteiger partial charge in [-0.2, -0.15) is 0 Å². The van der Waals surface area contributed by atoms with E-state index in [9.17, 15) is 4.79 Å². The average Bonchev–Trinajstić information content (AvgIpc) is 2.73. The van der Waals surface area contributed by atoms with Crippen LogP contribution >= 0.6 is 0 Å². The van der Waals surface area contributed by atoms with Gasteiger partial charge in [0.05, 0.1) is 0 Å². The fourth-order valence-electron chi connectivity index (χ4n) is 2.16. The van der Waals surface area contributed by atoms with Crippen LogP contribution in [0.3, 0.4) is 0 Å². The number of nitrogens with two attached hydrogens (primary N) is 1. The Labute approximate surface area is 187 Å². The van der Waals surface area contributed by atoms with Gasteiger partial charge in [0.1, 0.15) is 0 Å². The van der Waals surface area contributed by atoms with Crippen LogP contribution < -0.4 is 5.73 Å². The number of allylic oxidation sites excluding steroid dienone is 2. The smallest absolute Gasteiger partial charge is 0.427 e. The molecule has 31 heavy (non-hydrogen) atoms. The van der Waals surface area contributed by atoms with Gasteiger partial charge in [0.25, 0.3) is 0 Å². The maximum absolute atomic E-state index is 10.5. The van der Waals surface area contributed by atoms with Crippen molar-refractivity contribution in [3.63, 3.8) is 0 Å². The fourth-order valence-corrected chi connectivity index (χ4v) is 2.16. The molecule has 0 bridgehead atoms. The van der Waals surface area contributed by atoms with Gasteiger partial charge in [-0.3, -0.25) is 4.79 Å². The van der Waals surface area contributed by atoms with E-state index >= 15 is 0 Å². The zero-order chi connectivity index (χ0) is 23.5. The topological polar surface area (TPSA) is 83.6 Å². The Morgan fingerprint density at radius 3 is 1.81 bits per heavy atom. The number of rotatable bonds is 8. The molecule has 2 rings (SSSR count). The monoisotopic (exact) mass is 419 g/mol. The third-order valence-corrected chi connectivity index (χ3v) is 3.73. The summed E-state index contributed by atoms with van der Waals surface area (Å²) in [7, 11) is -1.22. The van der Waals surface area contributed by atoms with E-state index in [0.29, 0.717) is 0 Å². The lowest BCUT2D eigenvalue weighted by Gasteiger charge is -2.17. The first kappa shape index (κ1) is 28.0. The second-order valence-corrected chi connectivity index (χ2v) is 7.10. The molecule has 0 aliphatic heterocycles. The van der Waals surface area contributed by atoms with E-state index in [1.807, 2.05) is 79.8 Å². The maximum Gasteiger partial charge on any atom is 0.455 e.